The standard InChI is InChI=1S/C19H21ClN2O3/c1-22-12-13(5-10-18(22)23)19(24)21-15-6-8-16(9-7-15)25-17-4-2-3-14(20)11-17/h2-5,10-12,15-16H,6-9H2,1H3,(H,21,24). The first-order chi connectivity index (χ1) is 12.0. The van der Waals surface area contributed by atoms with Gasteiger partial charge >= 0.3 is 0 Å². The third kappa shape index (κ3) is 4.63. The van der Waals surface area contributed by atoms with E-state index >= 15 is 0 Å². The molecule has 1 aromatic heterocycles. The molecule has 1 fully saturated rings. The van der Waals surface area contributed by atoms with Crippen molar-refractivity contribution in [1.29, 1.82) is 0 Å². The van der Waals surface area contributed by atoms with E-state index in [-0.39, 0.29) is 23.6 Å². The van der Waals surface area contributed by atoms with Crippen LogP contribution in [0.5, 0.6) is 5.75 Å². The van der Waals surface area contributed by atoms with Crippen molar-refractivity contribution in [3.63, 3.8) is 0 Å². The Balaban J connectivity index is 1.51. The van der Waals surface area contributed by atoms with Crippen LogP contribution in [0.15, 0.2) is 47.4 Å². The maximum Gasteiger partial charge on any atom is 0.252 e. The topological polar surface area (TPSA) is 60.3 Å². The molecule has 5 nitrogen and oxygen atoms in total. The largest absolute Gasteiger partial charge is 0.490 e. The molecule has 1 heterocycles. The third-order valence-corrected chi connectivity index (χ3v) is 4.69. The molecule has 1 saturated carbocycles. The number of carbonyl (C=O) groups is 1. The van der Waals surface area contributed by atoms with Crippen LogP contribution in [0.1, 0.15) is 36.0 Å². The smallest absolute Gasteiger partial charge is 0.252 e. The van der Waals surface area contributed by atoms with Crippen molar-refractivity contribution >= 4 is 17.5 Å². The highest BCUT2D eigenvalue weighted by molar-refractivity contribution is 6.30. The highest BCUT2D eigenvalue weighted by Gasteiger charge is 2.24. The second kappa shape index (κ2) is 7.74. The lowest BCUT2D eigenvalue weighted by Gasteiger charge is -2.29. The van der Waals surface area contributed by atoms with E-state index in [0.29, 0.717) is 10.6 Å². The summed E-state index contributed by atoms with van der Waals surface area (Å²) in [5, 5.41) is 3.71. The quantitative estimate of drug-likeness (QED) is 0.911. The summed E-state index contributed by atoms with van der Waals surface area (Å²) in [5.41, 5.74) is 0.370. The minimum absolute atomic E-state index is 0.129. The molecule has 1 amide bonds. The van der Waals surface area contributed by atoms with Gasteiger partial charge < -0.3 is 14.6 Å². The Bertz CT molecular complexity index is 810. The lowest BCUT2D eigenvalue weighted by atomic mass is 9.92. The summed E-state index contributed by atoms with van der Waals surface area (Å²) in [6.45, 7) is 0. The Morgan fingerprint density at radius 3 is 2.64 bits per heavy atom. The van der Waals surface area contributed by atoms with Gasteiger partial charge in [0.05, 0.1) is 11.7 Å². The molecule has 6 heteroatoms. The van der Waals surface area contributed by atoms with Crippen molar-refractivity contribution in [2.75, 3.05) is 0 Å². The fourth-order valence-corrected chi connectivity index (χ4v) is 3.24. The summed E-state index contributed by atoms with van der Waals surface area (Å²) in [6.07, 6.45) is 5.19. The van der Waals surface area contributed by atoms with Gasteiger partial charge in [-0.05, 0) is 49.9 Å². The fourth-order valence-electron chi connectivity index (χ4n) is 3.05. The Morgan fingerprint density at radius 2 is 1.96 bits per heavy atom. The number of amides is 1. The average molecular weight is 361 g/mol. The minimum atomic E-state index is -0.144. The van der Waals surface area contributed by atoms with Gasteiger partial charge in [0.2, 0.25) is 5.56 Å². The molecular formula is C19H21ClN2O3. The summed E-state index contributed by atoms with van der Waals surface area (Å²) in [4.78, 5) is 23.7. The van der Waals surface area contributed by atoms with Crippen LogP contribution in [0, 0.1) is 0 Å². The van der Waals surface area contributed by atoms with E-state index in [0.717, 1.165) is 31.4 Å². The minimum Gasteiger partial charge on any atom is -0.490 e. The van der Waals surface area contributed by atoms with Gasteiger partial charge in [-0.2, -0.15) is 0 Å². The number of ether oxygens (including phenoxy) is 1. The van der Waals surface area contributed by atoms with Gasteiger partial charge in [-0.15, -0.1) is 0 Å². The summed E-state index contributed by atoms with van der Waals surface area (Å²) < 4.78 is 7.38. The molecule has 0 unspecified atom stereocenters. The van der Waals surface area contributed by atoms with Crippen molar-refractivity contribution in [1.82, 2.24) is 9.88 Å². The lowest BCUT2D eigenvalue weighted by molar-refractivity contribution is 0.0893. The molecule has 0 atom stereocenters. The second-order valence-corrected chi connectivity index (χ2v) is 6.83. The van der Waals surface area contributed by atoms with Crippen LogP contribution in [0.25, 0.3) is 0 Å². The molecule has 0 aliphatic heterocycles. The zero-order valence-electron chi connectivity index (χ0n) is 14.1. The van der Waals surface area contributed by atoms with Crippen molar-refractivity contribution in [3.05, 3.63) is 63.5 Å². The van der Waals surface area contributed by atoms with E-state index in [1.165, 1.54) is 10.6 Å². The fraction of sp³-hybridized carbons (Fsp3) is 0.368. The number of halogens is 1. The average Bonchev–Trinajstić information content (AvgIpc) is 2.59. The Kier molecular flexibility index (Phi) is 5.43. The molecule has 3 rings (SSSR count). The van der Waals surface area contributed by atoms with Crippen molar-refractivity contribution in [2.45, 2.75) is 37.8 Å². The first kappa shape index (κ1) is 17.5. The van der Waals surface area contributed by atoms with E-state index in [9.17, 15) is 9.59 Å². The number of carbonyl (C=O) groups excluding carboxylic acids is 1. The molecule has 1 aliphatic rings. The van der Waals surface area contributed by atoms with Gasteiger partial charge in [-0.25, -0.2) is 0 Å². The molecule has 1 aliphatic carbocycles. The normalized spacial score (nSPS) is 20.1. The predicted molar refractivity (Wildman–Crippen MR) is 97.3 cm³/mol. The molecule has 0 saturated heterocycles. The van der Waals surface area contributed by atoms with Crippen LogP contribution in [-0.2, 0) is 7.05 Å². The molecule has 0 spiro atoms. The summed E-state index contributed by atoms with van der Waals surface area (Å²) >= 11 is 5.97. The van der Waals surface area contributed by atoms with Gasteiger partial charge in [0.25, 0.3) is 5.91 Å². The number of benzene rings is 1. The molecule has 1 aromatic carbocycles. The van der Waals surface area contributed by atoms with Crippen molar-refractivity contribution in [3.8, 4) is 5.75 Å². The molecule has 1 N–H and O–H groups in total. The number of nitrogens with one attached hydrogen (secondary N) is 1. The number of aryl methyl sites for hydroxylation is 1. The third-order valence-electron chi connectivity index (χ3n) is 4.46. The Hall–Kier alpha value is -2.27. The number of hydrogen-bond donors (Lipinski definition) is 1. The van der Waals surface area contributed by atoms with E-state index in [1.807, 2.05) is 24.3 Å². The van der Waals surface area contributed by atoms with Crippen LogP contribution in [0.3, 0.4) is 0 Å². The number of rotatable bonds is 4. The first-order valence-electron chi connectivity index (χ1n) is 8.41. The number of aromatic nitrogens is 1. The lowest BCUT2D eigenvalue weighted by Crippen LogP contribution is -2.40. The SMILES string of the molecule is Cn1cc(C(=O)NC2CCC(Oc3cccc(Cl)c3)CC2)ccc1=O. The predicted octanol–water partition coefficient (Wildman–Crippen LogP) is 3.16. The zero-order chi connectivity index (χ0) is 17.8. The maximum atomic E-state index is 12.3. The van der Waals surface area contributed by atoms with Crippen molar-refractivity contribution < 1.29 is 9.53 Å². The van der Waals surface area contributed by atoms with Gasteiger partial charge in [-0.1, -0.05) is 17.7 Å². The van der Waals surface area contributed by atoms with E-state index in [4.69, 9.17) is 16.3 Å². The summed E-state index contributed by atoms with van der Waals surface area (Å²) in [6, 6.07) is 10.5. The molecule has 25 heavy (non-hydrogen) atoms. The van der Waals surface area contributed by atoms with Gasteiger partial charge in [0.1, 0.15) is 5.75 Å². The zero-order valence-corrected chi connectivity index (χ0v) is 14.8. The van der Waals surface area contributed by atoms with Crippen LogP contribution < -0.4 is 15.6 Å². The van der Waals surface area contributed by atoms with Crippen LogP contribution in [0.2, 0.25) is 5.02 Å². The molecule has 2 aromatic rings. The van der Waals surface area contributed by atoms with Gasteiger partial charge in [-0.3, -0.25) is 9.59 Å². The number of pyridine rings is 1. The molecule has 132 valence electrons. The van der Waals surface area contributed by atoms with Crippen LogP contribution >= 0.6 is 11.6 Å². The summed E-state index contributed by atoms with van der Waals surface area (Å²) in [7, 11) is 1.64. The Morgan fingerprint density at radius 1 is 1.20 bits per heavy atom. The van der Waals surface area contributed by atoms with Gasteiger partial charge in [0.15, 0.2) is 0 Å². The molecule has 0 radical (unpaired) electrons. The summed E-state index contributed by atoms with van der Waals surface area (Å²) in [5.74, 6) is 0.639. The van der Waals surface area contributed by atoms with Crippen molar-refractivity contribution in [2.24, 2.45) is 7.05 Å². The molecule has 0 bridgehead atoms. The number of hydrogen-bond acceptors (Lipinski definition) is 3. The van der Waals surface area contributed by atoms with E-state index < -0.39 is 0 Å². The maximum absolute atomic E-state index is 12.3. The molecular weight excluding hydrogens is 340 g/mol. The van der Waals surface area contributed by atoms with Gasteiger partial charge in [0, 0.05) is 30.4 Å². The van der Waals surface area contributed by atoms with Crippen LogP contribution in [-0.4, -0.2) is 22.6 Å². The number of nitrogens with zero attached hydrogens (tertiary/aromatic N) is 1. The Labute approximate surface area is 151 Å². The van der Waals surface area contributed by atoms with E-state index in [1.54, 1.807) is 19.3 Å². The highest BCUT2D eigenvalue weighted by atomic mass is 35.5. The highest BCUT2D eigenvalue weighted by Crippen LogP contribution is 2.25. The van der Waals surface area contributed by atoms with E-state index in [2.05, 4.69) is 5.32 Å². The second-order valence-electron chi connectivity index (χ2n) is 6.39. The first-order valence-corrected chi connectivity index (χ1v) is 8.79. The monoisotopic (exact) mass is 360 g/mol. The van der Waals surface area contributed by atoms with Crippen LogP contribution in [0.4, 0.5) is 0 Å².